The van der Waals surface area contributed by atoms with Gasteiger partial charge in [0.15, 0.2) is 0 Å². The zero-order valence-electron chi connectivity index (χ0n) is 6.45. The molecule has 13 heavy (non-hydrogen) atoms. The molecule has 0 aliphatic heterocycles. The average molecular weight is 297 g/mol. The lowest BCUT2D eigenvalue weighted by molar-refractivity contribution is -0.137. The van der Waals surface area contributed by atoms with Crippen LogP contribution in [0.1, 0.15) is 11.1 Å². The summed E-state index contributed by atoms with van der Waals surface area (Å²) in [5, 5.41) is 0. The van der Waals surface area contributed by atoms with E-state index in [0.717, 1.165) is 12.1 Å². The maximum atomic E-state index is 12.2. The van der Waals surface area contributed by atoms with Gasteiger partial charge in [-0.15, -0.1) is 0 Å². The third-order valence-electron chi connectivity index (χ3n) is 1.43. The van der Waals surface area contributed by atoms with Crippen LogP contribution in [-0.2, 0) is 6.18 Å². The van der Waals surface area contributed by atoms with Gasteiger partial charge in [-0.25, -0.2) is 0 Å². The number of alkyl halides is 3. The highest BCUT2D eigenvalue weighted by Gasteiger charge is 2.30. The minimum Gasteiger partial charge on any atom is -0.166 e. The first kappa shape index (κ1) is 10.6. The van der Waals surface area contributed by atoms with Crippen LogP contribution in [-0.4, -0.2) is 0 Å². The van der Waals surface area contributed by atoms with Crippen LogP contribution in [0.3, 0.4) is 0 Å². The lowest BCUT2D eigenvalue weighted by atomic mass is 10.1. The van der Waals surface area contributed by atoms with Crippen molar-refractivity contribution >= 4 is 22.6 Å². The summed E-state index contributed by atoms with van der Waals surface area (Å²) >= 11 is 1.83. The van der Waals surface area contributed by atoms with Crippen LogP contribution in [0.5, 0.6) is 0 Å². The Labute approximate surface area is 87.6 Å². The van der Waals surface area contributed by atoms with Crippen molar-refractivity contribution in [1.29, 1.82) is 0 Å². The number of halogens is 4. The van der Waals surface area contributed by atoms with Gasteiger partial charge in [0.1, 0.15) is 0 Å². The van der Waals surface area contributed by atoms with Crippen LogP contribution < -0.4 is 0 Å². The SMILES string of the molecule is C=[C]c1cc(I)cc(C(F)(F)F)c1. The Morgan fingerprint density at radius 3 is 2.31 bits per heavy atom. The molecule has 0 aliphatic rings. The lowest BCUT2D eigenvalue weighted by Gasteiger charge is -2.07. The monoisotopic (exact) mass is 297 g/mol. The molecular formula is C9H5F3I. The zero-order valence-corrected chi connectivity index (χ0v) is 8.61. The summed E-state index contributed by atoms with van der Waals surface area (Å²) in [6.45, 7) is 3.30. The van der Waals surface area contributed by atoms with Crippen molar-refractivity contribution in [1.82, 2.24) is 0 Å². The van der Waals surface area contributed by atoms with Crippen molar-refractivity contribution in [3.05, 3.63) is 45.6 Å². The van der Waals surface area contributed by atoms with Gasteiger partial charge >= 0.3 is 6.18 Å². The molecular weight excluding hydrogens is 292 g/mol. The van der Waals surface area contributed by atoms with Crippen LogP contribution in [0.15, 0.2) is 24.8 Å². The molecule has 0 heterocycles. The van der Waals surface area contributed by atoms with E-state index in [1.54, 1.807) is 6.07 Å². The van der Waals surface area contributed by atoms with Crippen LogP contribution in [0.2, 0.25) is 0 Å². The van der Waals surface area contributed by atoms with Gasteiger partial charge in [0, 0.05) is 3.57 Å². The van der Waals surface area contributed by atoms with Gasteiger partial charge < -0.3 is 0 Å². The number of rotatable bonds is 1. The molecule has 0 saturated carbocycles. The zero-order chi connectivity index (χ0) is 10.1. The van der Waals surface area contributed by atoms with Gasteiger partial charge in [-0.2, -0.15) is 13.2 Å². The van der Waals surface area contributed by atoms with E-state index in [-0.39, 0.29) is 0 Å². The topological polar surface area (TPSA) is 0 Å². The van der Waals surface area contributed by atoms with Gasteiger partial charge in [-0.1, -0.05) is 6.58 Å². The van der Waals surface area contributed by atoms with E-state index in [9.17, 15) is 13.2 Å². The molecule has 0 amide bonds. The number of hydrogen-bond acceptors (Lipinski definition) is 0. The minimum atomic E-state index is -4.30. The first-order valence-electron chi connectivity index (χ1n) is 3.34. The molecule has 4 heteroatoms. The smallest absolute Gasteiger partial charge is 0.166 e. The molecule has 0 unspecified atom stereocenters. The van der Waals surface area contributed by atoms with Gasteiger partial charge in [-0.05, 0) is 52.4 Å². The fourth-order valence-electron chi connectivity index (χ4n) is 0.855. The second-order valence-electron chi connectivity index (χ2n) is 2.40. The molecule has 0 aromatic heterocycles. The van der Waals surface area contributed by atoms with Crippen molar-refractivity contribution in [2.75, 3.05) is 0 Å². The fraction of sp³-hybridized carbons (Fsp3) is 0.111. The normalized spacial score (nSPS) is 11.4. The van der Waals surface area contributed by atoms with Crippen LogP contribution in [0.4, 0.5) is 13.2 Å². The molecule has 0 nitrogen and oxygen atoms in total. The summed E-state index contributed by atoms with van der Waals surface area (Å²) in [6.07, 6.45) is -1.87. The van der Waals surface area contributed by atoms with Crippen LogP contribution >= 0.6 is 22.6 Å². The molecule has 1 aromatic rings. The average Bonchev–Trinajstić information content (AvgIpc) is 2.01. The first-order chi connectivity index (χ1) is 5.93. The van der Waals surface area contributed by atoms with E-state index in [0.29, 0.717) is 9.13 Å². The summed E-state index contributed by atoms with van der Waals surface area (Å²) in [7, 11) is 0. The molecule has 0 fully saturated rings. The molecule has 0 atom stereocenters. The Hall–Kier alpha value is -0.520. The van der Waals surface area contributed by atoms with Crippen molar-refractivity contribution in [3.63, 3.8) is 0 Å². The summed E-state index contributed by atoms with van der Waals surface area (Å²) in [6, 6.07) is 3.69. The molecule has 0 spiro atoms. The summed E-state index contributed by atoms with van der Waals surface area (Å²) in [4.78, 5) is 0. The predicted octanol–water partition coefficient (Wildman–Crippen LogP) is 3.65. The Morgan fingerprint density at radius 1 is 1.23 bits per heavy atom. The molecule has 69 valence electrons. The maximum absolute atomic E-state index is 12.2. The fourth-order valence-corrected chi connectivity index (χ4v) is 1.53. The third kappa shape index (κ3) is 2.72. The quantitative estimate of drug-likeness (QED) is 0.694. The Kier molecular flexibility index (Phi) is 3.00. The number of hydrogen-bond donors (Lipinski definition) is 0. The Balaban J connectivity index is 3.24. The van der Waals surface area contributed by atoms with Gasteiger partial charge in [-0.3, -0.25) is 0 Å². The maximum Gasteiger partial charge on any atom is 0.416 e. The van der Waals surface area contributed by atoms with E-state index in [2.05, 4.69) is 12.7 Å². The molecule has 0 bridgehead atoms. The van der Waals surface area contributed by atoms with Gasteiger partial charge in [0.2, 0.25) is 0 Å². The summed E-state index contributed by atoms with van der Waals surface area (Å²) in [5.74, 6) is 0. The van der Waals surface area contributed by atoms with E-state index in [1.165, 1.54) is 0 Å². The standard InChI is InChI=1S/C9H5F3I/c1-2-6-3-7(9(10,11)12)5-8(13)4-6/h3-5H,1H2. The van der Waals surface area contributed by atoms with Crippen molar-refractivity contribution < 1.29 is 13.2 Å². The summed E-state index contributed by atoms with van der Waals surface area (Å²) < 4.78 is 37.2. The van der Waals surface area contributed by atoms with E-state index >= 15 is 0 Å². The molecule has 1 rings (SSSR count). The van der Waals surface area contributed by atoms with E-state index in [1.807, 2.05) is 22.6 Å². The predicted molar refractivity (Wildman–Crippen MR) is 52.1 cm³/mol. The molecule has 1 radical (unpaired) electrons. The van der Waals surface area contributed by atoms with Crippen molar-refractivity contribution in [2.45, 2.75) is 6.18 Å². The highest BCUT2D eigenvalue weighted by molar-refractivity contribution is 14.1. The first-order valence-corrected chi connectivity index (χ1v) is 4.42. The van der Waals surface area contributed by atoms with Crippen molar-refractivity contribution in [3.8, 4) is 0 Å². The highest BCUT2D eigenvalue weighted by atomic mass is 127. The summed E-state index contributed by atoms with van der Waals surface area (Å²) in [5.41, 5.74) is -0.301. The van der Waals surface area contributed by atoms with Crippen LogP contribution in [0, 0.1) is 9.65 Å². The second kappa shape index (κ2) is 3.69. The second-order valence-corrected chi connectivity index (χ2v) is 3.65. The number of benzene rings is 1. The van der Waals surface area contributed by atoms with E-state index < -0.39 is 11.7 Å². The highest BCUT2D eigenvalue weighted by Crippen LogP contribution is 2.30. The Bertz CT molecular complexity index is 328. The minimum absolute atomic E-state index is 0.360. The molecule has 1 aromatic carbocycles. The van der Waals surface area contributed by atoms with Crippen molar-refractivity contribution in [2.24, 2.45) is 0 Å². The van der Waals surface area contributed by atoms with Gasteiger partial charge in [0.05, 0.1) is 5.56 Å². The third-order valence-corrected chi connectivity index (χ3v) is 2.05. The van der Waals surface area contributed by atoms with Gasteiger partial charge in [0.25, 0.3) is 0 Å². The molecule has 0 aliphatic carbocycles. The van der Waals surface area contributed by atoms with E-state index in [4.69, 9.17) is 0 Å². The largest absolute Gasteiger partial charge is 0.416 e. The van der Waals surface area contributed by atoms with Crippen LogP contribution in [0.25, 0.3) is 0 Å². The Morgan fingerprint density at radius 2 is 1.85 bits per heavy atom. The molecule has 0 N–H and O–H groups in total. The lowest BCUT2D eigenvalue weighted by Crippen LogP contribution is -2.05. The molecule has 0 saturated heterocycles.